The fourth-order valence-corrected chi connectivity index (χ4v) is 0.858. The summed E-state index contributed by atoms with van der Waals surface area (Å²) in [6, 6.07) is 0. The van der Waals surface area contributed by atoms with Gasteiger partial charge in [0.2, 0.25) is 6.41 Å². The van der Waals surface area contributed by atoms with Gasteiger partial charge in [-0.3, -0.25) is 14.4 Å². The van der Waals surface area contributed by atoms with Crippen molar-refractivity contribution in [2.45, 2.75) is 39.2 Å². The lowest BCUT2D eigenvalue weighted by Crippen LogP contribution is -2.33. The molecule has 0 rings (SSSR count). The lowest BCUT2D eigenvalue weighted by atomic mass is 10.2. The molecule has 0 saturated heterocycles. The highest BCUT2D eigenvalue weighted by atomic mass is 16.7. The number of aliphatic carboxylic acids is 1. The fourth-order valence-electron chi connectivity index (χ4n) is 0.858. The van der Waals surface area contributed by atoms with Crippen LogP contribution in [-0.2, 0) is 14.4 Å². The molecule has 0 fully saturated rings. The Hall–Kier alpha value is -1.10. The summed E-state index contributed by atoms with van der Waals surface area (Å²) < 4.78 is 0. The van der Waals surface area contributed by atoms with Gasteiger partial charge in [-0.1, -0.05) is 0 Å². The second-order valence-electron chi connectivity index (χ2n) is 3.95. The first-order valence-corrected chi connectivity index (χ1v) is 4.48. The van der Waals surface area contributed by atoms with Gasteiger partial charge >= 0.3 is 5.97 Å². The number of nitrogens with zero attached hydrogens (tertiary/aromatic N) is 1. The van der Waals surface area contributed by atoms with Crippen LogP contribution >= 0.6 is 0 Å². The summed E-state index contributed by atoms with van der Waals surface area (Å²) in [5, 5.41) is 9.51. The summed E-state index contributed by atoms with van der Waals surface area (Å²) in [5.74, 6) is -0.869. The van der Waals surface area contributed by atoms with Crippen LogP contribution in [0.5, 0.6) is 0 Å². The molecule has 0 aromatic carbocycles. The minimum atomic E-state index is -0.869. The summed E-state index contributed by atoms with van der Waals surface area (Å²) in [5.41, 5.74) is -0.440. The van der Waals surface area contributed by atoms with Crippen molar-refractivity contribution in [3.05, 3.63) is 0 Å². The molecule has 0 aliphatic rings. The molecular formula is C9H17NO4. The number of hydrogen-bond donors (Lipinski definition) is 1. The lowest BCUT2D eigenvalue weighted by molar-refractivity contribution is -0.216. The van der Waals surface area contributed by atoms with Crippen LogP contribution in [0.4, 0.5) is 0 Å². The number of hydrogen-bond acceptors (Lipinski definition) is 3. The number of carbonyl (C=O) groups is 2. The molecule has 5 nitrogen and oxygen atoms in total. The van der Waals surface area contributed by atoms with Crippen molar-refractivity contribution < 1.29 is 19.5 Å². The highest BCUT2D eigenvalue weighted by Crippen LogP contribution is 2.09. The minimum Gasteiger partial charge on any atom is -0.481 e. The summed E-state index contributed by atoms with van der Waals surface area (Å²) in [6.45, 7) is 5.76. The lowest BCUT2D eigenvalue weighted by Gasteiger charge is -2.26. The standard InChI is InChI=1S/C9H17NO4/c1-9(2,3)14-10(7-11)6-4-5-8(12)13/h7H,4-6H2,1-3H3,(H,12,13). The van der Waals surface area contributed by atoms with Gasteiger partial charge in [0.1, 0.15) is 0 Å². The van der Waals surface area contributed by atoms with E-state index in [1.165, 1.54) is 0 Å². The van der Waals surface area contributed by atoms with Crippen molar-refractivity contribution in [1.82, 2.24) is 5.06 Å². The predicted octanol–water partition coefficient (Wildman–Crippen LogP) is 1.04. The first-order valence-electron chi connectivity index (χ1n) is 4.48. The molecule has 82 valence electrons. The van der Waals surface area contributed by atoms with Crippen molar-refractivity contribution >= 4 is 12.4 Å². The largest absolute Gasteiger partial charge is 0.481 e. The zero-order valence-electron chi connectivity index (χ0n) is 8.82. The van der Waals surface area contributed by atoms with E-state index in [0.29, 0.717) is 19.4 Å². The highest BCUT2D eigenvalue weighted by Gasteiger charge is 2.15. The number of carboxylic acids is 1. The van der Waals surface area contributed by atoms with Crippen LogP contribution in [0.2, 0.25) is 0 Å². The average molecular weight is 203 g/mol. The zero-order valence-corrected chi connectivity index (χ0v) is 8.82. The van der Waals surface area contributed by atoms with E-state index >= 15 is 0 Å². The average Bonchev–Trinajstić information content (AvgIpc) is 1.99. The second-order valence-corrected chi connectivity index (χ2v) is 3.95. The Morgan fingerprint density at radius 3 is 2.43 bits per heavy atom. The number of rotatable bonds is 6. The molecular weight excluding hydrogens is 186 g/mol. The number of carboxylic acid groups (broad SMARTS) is 1. The van der Waals surface area contributed by atoms with Crippen molar-refractivity contribution in [3.63, 3.8) is 0 Å². The van der Waals surface area contributed by atoms with E-state index in [2.05, 4.69) is 0 Å². The molecule has 0 atom stereocenters. The van der Waals surface area contributed by atoms with Gasteiger partial charge in [-0.2, -0.15) is 0 Å². The third-order valence-electron chi connectivity index (χ3n) is 1.28. The Kier molecular flexibility index (Phi) is 5.15. The Balaban J connectivity index is 3.80. The van der Waals surface area contributed by atoms with Crippen LogP contribution < -0.4 is 0 Å². The fraction of sp³-hybridized carbons (Fsp3) is 0.778. The molecule has 14 heavy (non-hydrogen) atoms. The molecule has 0 radical (unpaired) electrons. The molecule has 0 aliphatic heterocycles. The quantitative estimate of drug-likeness (QED) is 0.517. The van der Waals surface area contributed by atoms with Crippen molar-refractivity contribution in [2.24, 2.45) is 0 Å². The normalized spacial score (nSPS) is 11.1. The summed E-state index contributed by atoms with van der Waals surface area (Å²) >= 11 is 0. The van der Waals surface area contributed by atoms with E-state index in [1.807, 2.05) is 20.8 Å². The molecule has 0 unspecified atom stereocenters. The van der Waals surface area contributed by atoms with Crippen LogP contribution in [0.1, 0.15) is 33.6 Å². The Morgan fingerprint density at radius 1 is 1.50 bits per heavy atom. The predicted molar refractivity (Wildman–Crippen MR) is 50.5 cm³/mol. The van der Waals surface area contributed by atoms with Gasteiger partial charge in [0, 0.05) is 13.0 Å². The maximum atomic E-state index is 10.5. The van der Waals surface area contributed by atoms with Gasteiger partial charge in [0.15, 0.2) is 0 Å². The van der Waals surface area contributed by atoms with Crippen LogP contribution in [0.15, 0.2) is 0 Å². The number of carbonyl (C=O) groups excluding carboxylic acids is 1. The Bertz CT molecular complexity index is 197. The maximum Gasteiger partial charge on any atom is 0.303 e. The number of amides is 1. The van der Waals surface area contributed by atoms with Gasteiger partial charge in [-0.05, 0) is 27.2 Å². The van der Waals surface area contributed by atoms with Crippen molar-refractivity contribution in [1.29, 1.82) is 0 Å². The molecule has 5 heteroatoms. The Morgan fingerprint density at radius 2 is 2.07 bits per heavy atom. The van der Waals surface area contributed by atoms with E-state index < -0.39 is 11.6 Å². The highest BCUT2D eigenvalue weighted by molar-refractivity contribution is 5.66. The van der Waals surface area contributed by atoms with Crippen LogP contribution in [0, 0.1) is 0 Å². The smallest absolute Gasteiger partial charge is 0.303 e. The SMILES string of the molecule is CC(C)(C)ON(C=O)CCCC(=O)O. The van der Waals surface area contributed by atoms with Crippen molar-refractivity contribution in [2.75, 3.05) is 6.54 Å². The van der Waals surface area contributed by atoms with E-state index in [-0.39, 0.29) is 6.42 Å². The molecule has 0 heterocycles. The molecule has 0 spiro atoms. The molecule has 1 amide bonds. The van der Waals surface area contributed by atoms with E-state index in [1.54, 1.807) is 0 Å². The van der Waals surface area contributed by atoms with E-state index in [0.717, 1.165) is 5.06 Å². The molecule has 0 bridgehead atoms. The summed E-state index contributed by atoms with van der Waals surface area (Å²) in [7, 11) is 0. The molecule has 0 saturated carbocycles. The third-order valence-corrected chi connectivity index (χ3v) is 1.28. The number of hydroxylamine groups is 2. The first kappa shape index (κ1) is 12.9. The van der Waals surface area contributed by atoms with Gasteiger partial charge in [-0.25, -0.2) is 5.06 Å². The Labute approximate surface area is 83.6 Å². The third kappa shape index (κ3) is 7.54. The van der Waals surface area contributed by atoms with Gasteiger partial charge in [0.25, 0.3) is 0 Å². The summed E-state index contributed by atoms with van der Waals surface area (Å²) in [6.07, 6.45) is 0.995. The zero-order chi connectivity index (χ0) is 11.2. The second kappa shape index (κ2) is 5.59. The summed E-state index contributed by atoms with van der Waals surface area (Å²) in [4.78, 5) is 26.0. The molecule has 0 aromatic rings. The van der Waals surface area contributed by atoms with E-state index in [4.69, 9.17) is 9.94 Å². The first-order chi connectivity index (χ1) is 6.35. The van der Waals surface area contributed by atoms with Crippen LogP contribution in [-0.4, -0.2) is 34.7 Å². The van der Waals surface area contributed by atoms with Crippen LogP contribution in [0.25, 0.3) is 0 Å². The molecule has 1 N–H and O–H groups in total. The van der Waals surface area contributed by atoms with Gasteiger partial charge in [-0.15, -0.1) is 0 Å². The topological polar surface area (TPSA) is 66.8 Å². The minimum absolute atomic E-state index is 0.0395. The van der Waals surface area contributed by atoms with Gasteiger partial charge < -0.3 is 5.11 Å². The van der Waals surface area contributed by atoms with Crippen molar-refractivity contribution in [3.8, 4) is 0 Å². The van der Waals surface area contributed by atoms with Gasteiger partial charge in [0.05, 0.1) is 5.60 Å². The maximum absolute atomic E-state index is 10.5. The van der Waals surface area contributed by atoms with Crippen LogP contribution in [0.3, 0.4) is 0 Å². The van der Waals surface area contributed by atoms with E-state index in [9.17, 15) is 9.59 Å². The monoisotopic (exact) mass is 203 g/mol. The molecule has 0 aromatic heterocycles. The molecule has 0 aliphatic carbocycles.